The molecule has 1 aliphatic rings. The Balaban J connectivity index is 1.51. The van der Waals surface area contributed by atoms with Crippen LogP contribution in [0.15, 0.2) is 54.6 Å². The molecule has 2 aromatic carbocycles. The summed E-state index contributed by atoms with van der Waals surface area (Å²) in [4.78, 5) is 27.8. The summed E-state index contributed by atoms with van der Waals surface area (Å²) in [6.07, 6.45) is 5.51. The van der Waals surface area contributed by atoms with Gasteiger partial charge in [-0.3, -0.25) is 4.79 Å². The number of unbranched alkanes of at least 4 members (excludes halogenated alkanes) is 1. The fourth-order valence-corrected chi connectivity index (χ4v) is 5.61. The van der Waals surface area contributed by atoms with Gasteiger partial charge in [0.15, 0.2) is 5.65 Å². The van der Waals surface area contributed by atoms with Crippen LogP contribution in [0.3, 0.4) is 0 Å². The summed E-state index contributed by atoms with van der Waals surface area (Å²) in [5, 5.41) is 5.72. The molecular formula is C32H39FN6O. The number of fused-ring (bicyclic) bond motifs is 1. The number of hydrogen-bond donors (Lipinski definition) is 0. The Kier molecular flexibility index (Phi) is 8.72. The zero-order chi connectivity index (χ0) is 28.1. The van der Waals surface area contributed by atoms with E-state index in [-0.39, 0.29) is 17.6 Å². The normalized spacial score (nSPS) is 14.9. The van der Waals surface area contributed by atoms with Gasteiger partial charge in [0.25, 0.3) is 0 Å². The fraction of sp³-hybridized carbons (Fsp3) is 0.438. The number of benzene rings is 2. The summed E-state index contributed by atoms with van der Waals surface area (Å²) in [5.74, 6) is 1.66. The molecule has 2 aromatic heterocycles. The van der Waals surface area contributed by atoms with E-state index in [0.29, 0.717) is 31.0 Å². The minimum atomic E-state index is -0.291. The van der Waals surface area contributed by atoms with Crippen molar-refractivity contribution in [2.75, 3.05) is 31.1 Å². The summed E-state index contributed by atoms with van der Waals surface area (Å²) < 4.78 is 15.5. The molecule has 0 radical (unpaired) electrons. The van der Waals surface area contributed by atoms with Crippen LogP contribution >= 0.6 is 0 Å². The average molecular weight is 543 g/mol. The molecule has 40 heavy (non-hydrogen) atoms. The highest BCUT2D eigenvalue weighted by Crippen LogP contribution is 2.30. The van der Waals surface area contributed by atoms with Crippen LogP contribution in [-0.4, -0.2) is 56.7 Å². The number of aryl methyl sites for hydroxylation is 1. The van der Waals surface area contributed by atoms with E-state index in [0.717, 1.165) is 73.3 Å². The molecule has 1 atom stereocenters. The second kappa shape index (κ2) is 12.6. The molecule has 0 aliphatic carbocycles. The van der Waals surface area contributed by atoms with Crippen molar-refractivity contribution < 1.29 is 9.18 Å². The molecule has 0 N–H and O–H groups in total. The lowest BCUT2D eigenvalue weighted by Gasteiger charge is -2.26. The van der Waals surface area contributed by atoms with E-state index >= 15 is 0 Å². The highest BCUT2D eigenvalue weighted by molar-refractivity contribution is 5.91. The number of nitrogens with zero attached hydrogens (tertiary/aromatic N) is 6. The van der Waals surface area contributed by atoms with Gasteiger partial charge in [-0.05, 0) is 56.0 Å². The van der Waals surface area contributed by atoms with Crippen LogP contribution < -0.4 is 4.90 Å². The smallest absolute Gasteiger partial charge is 0.225 e. The lowest BCUT2D eigenvalue weighted by Crippen LogP contribution is -2.39. The Morgan fingerprint density at radius 2 is 1.75 bits per heavy atom. The maximum atomic E-state index is 13.7. The van der Waals surface area contributed by atoms with Crippen LogP contribution in [0.4, 0.5) is 10.2 Å². The highest BCUT2D eigenvalue weighted by Gasteiger charge is 2.27. The summed E-state index contributed by atoms with van der Waals surface area (Å²) in [6, 6.07) is 16.5. The van der Waals surface area contributed by atoms with Crippen molar-refractivity contribution in [2.24, 2.45) is 5.92 Å². The van der Waals surface area contributed by atoms with Crippen molar-refractivity contribution in [1.29, 1.82) is 0 Å². The Hall–Kier alpha value is -3.81. The van der Waals surface area contributed by atoms with Gasteiger partial charge in [-0.25, -0.2) is 19.0 Å². The van der Waals surface area contributed by atoms with Crippen LogP contribution in [-0.2, 0) is 11.2 Å². The van der Waals surface area contributed by atoms with Gasteiger partial charge < -0.3 is 9.80 Å². The van der Waals surface area contributed by atoms with E-state index in [2.05, 4.69) is 35.8 Å². The Morgan fingerprint density at radius 3 is 2.48 bits per heavy atom. The fourth-order valence-electron chi connectivity index (χ4n) is 5.61. The van der Waals surface area contributed by atoms with Crippen molar-refractivity contribution in [3.8, 4) is 5.69 Å². The number of rotatable bonds is 9. The Bertz CT molecular complexity index is 1440. The molecule has 4 aromatic rings. The molecule has 1 aliphatic heterocycles. The summed E-state index contributed by atoms with van der Waals surface area (Å²) in [7, 11) is 0. The number of carbonyl (C=O) groups is 1. The monoisotopic (exact) mass is 542 g/mol. The molecule has 8 heteroatoms. The maximum absolute atomic E-state index is 13.7. The zero-order valence-corrected chi connectivity index (χ0v) is 23.8. The van der Waals surface area contributed by atoms with E-state index in [1.165, 1.54) is 12.1 Å². The second-order valence-corrected chi connectivity index (χ2v) is 10.7. The number of halogens is 1. The Labute approximate surface area is 236 Å². The van der Waals surface area contributed by atoms with Gasteiger partial charge in [0, 0.05) is 38.5 Å². The molecule has 1 saturated heterocycles. The standard InChI is InChI=1S/C32H39FN6O/c1-4-6-13-25(5-2)32(40)38-19-10-18-37(20-21-38)30-29-23(3)36-39(27-16-14-26(33)15-17-27)31(29)35-28(34-30)22-24-11-8-7-9-12-24/h7-9,11-12,14-17,25H,4-6,10,13,18-22H2,1-3H3/t25-/m1/s1. The van der Waals surface area contributed by atoms with E-state index in [1.807, 2.05) is 25.1 Å². The van der Waals surface area contributed by atoms with Gasteiger partial charge in [-0.1, -0.05) is 57.0 Å². The third-order valence-electron chi connectivity index (χ3n) is 7.86. The van der Waals surface area contributed by atoms with Crippen molar-refractivity contribution in [1.82, 2.24) is 24.6 Å². The molecule has 1 amide bonds. The minimum absolute atomic E-state index is 0.103. The lowest BCUT2D eigenvalue weighted by atomic mass is 9.97. The van der Waals surface area contributed by atoms with Crippen molar-refractivity contribution in [2.45, 2.75) is 59.3 Å². The third kappa shape index (κ3) is 6.01. The van der Waals surface area contributed by atoms with Crippen molar-refractivity contribution in [3.63, 3.8) is 0 Å². The van der Waals surface area contributed by atoms with Gasteiger partial charge in [0.2, 0.25) is 5.91 Å². The van der Waals surface area contributed by atoms with Crippen molar-refractivity contribution >= 4 is 22.8 Å². The number of aromatic nitrogens is 4. The van der Waals surface area contributed by atoms with Crippen LogP contribution in [0.5, 0.6) is 0 Å². The van der Waals surface area contributed by atoms with Gasteiger partial charge in [0.1, 0.15) is 17.5 Å². The molecular weight excluding hydrogens is 503 g/mol. The minimum Gasteiger partial charge on any atom is -0.354 e. The molecule has 7 nitrogen and oxygen atoms in total. The lowest BCUT2D eigenvalue weighted by molar-refractivity contribution is -0.135. The quantitative estimate of drug-likeness (QED) is 0.255. The first-order chi connectivity index (χ1) is 19.5. The Morgan fingerprint density at radius 1 is 0.975 bits per heavy atom. The van der Waals surface area contributed by atoms with Gasteiger partial charge in [0.05, 0.1) is 16.8 Å². The molecule has 5 rings (SSSR count). The van der Waals surface area contributed by atoms with E-state index in [9.17, 15) is 9.18 Å². The molecule has 210 valence electrons. The second-order valence-electron chi connectivity index (χ2n) is 10.7. The predicted octanol–water partition coefficient (Wildman–Crippen LogP) is 6.11. The first-order valence-corrected chi connectivity index (χ1v) is 14.6. The van der Waals surface area contributed by atoms with E-state index in [1.54, 1.807) is 16.8 Å². The summed E-state index contributed by atoms with van der Waals surface area (Å²) in [5.41, 5.74) is 3.41. The van der Waals surface area contributed by atoms with Gasteiger partial charge in [-0.15, -0.1) is 0 Å². The van der Waals surface area contributed by atoms with Crippen molar-refractivity contribution in [3.05, 3.63) is 77.5 Å². The van der Waals surface area contributed by atoms with Gasteiger partial charge in [-0.2, -0.15) is 5.10 Å². The molecule has 1 fully saturated rings. The molecule has 0 bridgehead atoms. The predicted molar refractivity (Wildman–Crippen MR) is 157 cm³/mol. The van der Waals surface area contributed by atoms with E-state index in [4.69, 9.17) is 15.1 Å². The summed E-state index contributed by atoms with van der Waals surface area (Å²) >= 11 is 0. The zero-order valence-electron chi connectivity index (χ0n) is 23.8. The molecule has 0 saturated carbocycles. The van der Waals surface area contributed by atoms with Crippen LogP contribution in [0.2, 0.25) is 0 Å². The number of carbonyl (C=O) groups excluding carboxylic acids is 1. The first-order valence-electron chi connectivity index (χ1n) is 14.6. The van der Waals surface area contributed by atoms with Crippen LogP contribution in [0.25, 0.3) is 16.7 Å². The summed E-state index contributed by atoms with van der Waals surface area (Å²) in [6.45, 7) is 9.20. The topological polar surface area (TPSA) is 67.2 Å². The van der Waals surface area contributed by atoms with Gasteiger partial charge >= 0.3 is 0 Å². The largest absolute Gasteiger partial charge is 0.354 e. The molecule has 0 spiro atoms. The van der Waals surface area contributed by atoms with Crippen LogP contribution in [0.1, 0.15) is 63.0 Å². The highest BCUT2D eigenvalue weighted by atomic mass is 19.1. The molecule has 3 heterocycles. The number of amides is 1. The SMILES string of the molecule is CCCC[C@@H](CC)C(=O)N1CCCN(c2nc(Cc3ccccc3)nc3c2c(C)nn3-c2ccc(F)cc2)CC1. The van der Waals surface area contributed by atoms with Crippen LogP contribution in [0, 0.1) is 18.7 Å². The molecule has 0 unspecified atom stereocenters. The first kappa shape index (κ1) is 27.7. The maximum Gasteiger partial charge on any atom is 0.225 e. The van der Waals surface area contributed by atoms with E-state index < -0.39 is 0 Å². The average Bonchev–Trinajstić information content (AvgIpc) is 3.13. The number of hydrogen-bond acceptors (Lipinski definition) is 5. The number of anilines is 1. The third-order valence-corrected chi connectivity index (χ3v) is 7.86.